The van der Waals surface area contributed by atoms with Gasteiger partial charge in [-0.15, -0.1) is 5.10 Å². The average Bonchev–Trinajstić information content (AvgIpc) is 2.39. The van der Waals surface area contributed by atoms with E-state index in [1.807, 2.05) is 0 Å². The maximum Gasteiger partial charge on any atom is 0.547 e. The Kier molecular flexibility index (Phi) is 2.28. The molecule has 0 aliphatic heterocycles. The van der Waals surface area contributed by atoms with Gasteiger partial charge in [-0.3, -0.25) is 14.0 Å². The van der Waals surface area contributed by atoms with Crippen molar-refractivity contribution in [1.82, 2.24) is 9.94 Å². The van der Waals surface area contributed by atoms with Gasteiger partial charge in [-0.1, -0.05) is 4.85 Å². The molecule has 1 heterocycles. The Hall–Kier alpha value is -0.840. The highest BCUT2D eigenvalue weighted by molar-refractivity contribution is 7.47. The van der Waals surface area contributed by atoms with Gasteiger partial charge in [0.25, 0.3) is 0 Å². The summed E-state index contributed by atoms with van der Waals surface area (Å²) in [6.45, 7) is 0. The van der Waals surface area contributed by atoms with Crippen molar-refractivity contribution >= 4 is 7.82 Å². The molecule has 7 heteroatoms. The molecule has 0 radical (unpaired) electrons. The summed E-state index contributed by atoms with van der Waals surface area (Å²) in [5.41, 5.74) is 0. The largest absolute Gasteiger partial charge is 0.547 e. The molecule has 0 saturated heterocycles. The summed E-state index contributed by atoms with van der Waals surface area (Å²) in [4.78, 5) is 9.60. The van der Waals surface area contributed by atoms with E-state index in [1.165, 1.54) is 12.4 Å². The Morgan fingerprint density at radius 2 is 2.45 bits per heavy atom. The Morgan fingerprint density at radius 3 is 2.91 bits per heavy atom. The van der Waals surface area contributed by atoms with Gasteiger partial charge in [-0.2, -0.15) is 0 Å². The van der Waals surface area contributed by atoms with E-state index in [9.17, 15) is 4.57 Å². The molecular formula is C4H7N2O4P. The highest BCUT2D eigenvalue weighted by Crippen LogP contribution is 2.37. The molecule has 0 aliphatic rings. The zero-order valence-corrected chi connectivity index (χ0v) is 6.64. The molecule has 1 aromatic rings. The summed E-state index contributed by atoms with van der Waals surface area (Å²) in [6.07, 6.45) is 2.79. The molecular weight excluding hydrogens is 171 g/mol. The van der Waals surface area contributed by atoms with Crippen molar-refractivity contribution < 1.29 is 18.6 Å². The molecule has 1 N–H and O–H groups in total. The molecule has 1 aromatic heterocycles. The first-order chi connectivity index (χ1) is 5.14. The predicted octanol–water partition coefficient (Wildman–Crippen LogP) is 0.0585. The number of rotatable bonds is 3. The van der Waals surface area contributed by atoms with Crippen molar-refractivity contribution in [3.05, 3.63) is 18.5 Å². The summed E-state index contributed by atoms with van der Waals surface area (Å²) in [5, 5.41) is 3.53. The first kappa shape index (κ1) is 8.26. The van der Waals surface area contributed by atoms with Crippen LogP contribution in [0.1, 0.15) is 0 Å². The average molecular weight is 178 g/mol. The fraction of sp³-hybridized carbons (Fsp3) is 0.250. The first-order valence-corrected chi connectivity index (χ1v) is 4.22. The monoisotopic (exact) mass is 178 g/mol. The predicted molar refractivity (Wildman–Crippen MR) is 35.6 cm³/mol. The van der Waals surface area contributed by atoms with Gasteiger partial charge in [-0.05, 0) is 6.07 Å². The zero-order chi connectivity index (χ0) is 8.32. The number of hydrogen-bond acceptors (Lipinski definition) is 4. The Balaban J connectivity index is 2.63. The van der Waals surface area contributed by atoms with Crippen LogP contribution in [0.3, 0.4) is 0 Å². The molecule has 1 unspecified atom stereocenters. The number of phosphoric ester groups is 1. The lowest BCUT2D eigenvalue weighted by Crippen LogP contribution is -2.09. The molecule has 62 valence electrons. The zero-order valence-electron chi connectivity index (χ0n) is 5.75. The third-order valence-electron chi connectivity index (χ3n) is 0.898. The minimum Gasteiger partial charge on any atom is -0.293 e. The summed E-state index contributed by atoms with van der Waals surface area (Å²) in [5.74, 6) is 0. The summed E-state index contributed by atoms with van der Waals surface area (Å²) in [6, 6.07) is 1.55. The van der Waals surface area contributed by atoms with Crippen LogP contribution in [0, 0.1) is 0 Å². The van der Waals surface area contributed by atoms with Gasteiger partial charge in [-0.25, -0.2) is 4.57 Å². The van der Waals surface area contributed by atoms with Crippen molar-refractivity contribution in [2.24, 2.45) is 0 Å². The number of nitrogens with zero attached hydrogens (tertiary/aromatic N) is 2. The fourth-order valence-electron chi connectivity index (χ4n) is 0.442. The van der Waals surface area contributed by atoms with Gasteiger partial charge in [0.15, 0.2) is 0 Å². The molecule has 0 aromatic carbocycles. The molecule has 0 amide bonds. The van der Waals surface area contributed by atoms with Crippen LogP contribution in [0.4, 0.5) is 0 Å². The van der Waals surface area contributed by atoms with Crippen LogP contribution in [0.5, 0.6) is 0 Å². The van der Waals surface area contributed by atoms with Crippen LogP contribution in [0.25, 0.3) is 0 Å². The van der Waals surface area contributed by atoms with Gasteiger partial charge < -0.3 is 0 Å². The molecule has 0 aliphatic carbocycles. The Labute approximate surface area is 62.9 Å². The summed E-state index contributed by atoms with van der Waals surface area (Å²) < 4.78 is 19.2. The van der Waals surface area contributed by atoms with Crippen molar-refractivity contribution in [1.29, 1.82) is 0 Å². The lowest BCUT2D eigenvalue weighted by molar-refractivity contribution is 0.138. The van der Waals surface area contributed by atoms with Crippen molar-refractivity contribution in [2.45, 2.75) is 0 Å². The molecule has 0 spiro atoms. The minimum absolute atomic E-state index is 0.851. The lowest BCUT2D eigenvalue weighted by atomic mass is 10.8. The standard InChI is InChI=1S/C4H7N2O4P/c1-9-11(7,8)10-6-4-2-3-5-6/h2-4H,1H3,(H,7,8). The molecule has 11 heavy (non-hydrogen) atoms. The highest BCUT2D eigenvalue weighted by Gasteiger charge is 2.20. The SMILES string of the molecule is COP(=O)(O)On1cccn1. The van der Waals surface area contributed by atoms with Crippen LogP contribution in [-0.2, 0) is 9.09 Å². The normalized spacial score (nSPS) is 15.8. The van der Waals surface area contributed by atoms with Gasteiger partial charge >= 0.3 is 7.82 Å². The third-order valence-corrected chi connectivity index (χ3v) is 1.73. The van der Waals surface area contributed by atoms with Crippen LogP contribution in [0.2, 0.25) is 0 Å². The van der Waals surface area contributed by atoms with E-state index in [0.717, 1.165) is 12.0 Å². The smallest absolute Gasteiger partial charge is 0.293 e. The number of hydrogen-bond donors (Lipinski definition) is 1. The van der Waals surface area contributed by atoms with E-state index >= 15 is 0 Å². The first-order valence-electron chi connectivity index (χ1n) is 2.72. The quantitative estimate of drug-likeness (QED) is 0.662. The summed E-state index contributed by atoms with van der Waals surface area (Å²) in [7, 11) is -2.89. The second-order valence-electron chi connectivity index (χ2n) is 1.64. The number of aromatic nitrogens is 2. The Morgan fingerprint density at radius 1 is 1.73 bits per heavy atom. The van der Waals surface area contributed by atoms with Crippen LogP contribution < -0.4 is 4.62 Å². The lowest BCUT2D eigenvalue weighted by Gasteiger charge is -2.07. The Bertz CT molecular complexity index is 259. The summed E-state index contributed by atoms with van der Waals surface area (Å²) >= 11 is 0. The van der Waals surface area contributed by atoms with E-state index < -0.39 is 7.82 Å². The molecule has 0 fully saturated rings. The molecule has 6 nitrogen and oxygen atoms in total. The van der Waals surface area contributed by atoms with E-state index in [0.29, 0.717) is 0 Å². The maximum atomic E-state index is 10.7. The van der Waals surface area contributed by atoms with Crippen LogP contribution in [0.15, 0.2) is 18.5 Å². The van der Waals surface area contributed by atoms with Gasteiger partial charge in [0.1, 0.15) is 0 Å². The van der Waals surface area contributed by atoms with Gasteiger partial charge in [0.05, 0.1) is 12.4 Å². The van der Waals surface area contributed by atoms with E-state index in [4.69, 9.17) is 4.89 Å². The minimum atomic E-state index is -3.96. The van der Waals surface area contributed by atoms with Crippen molar-refractivity contribution in [2.75, 3.05) is 7.11 Å². The third kappa shape index (κ3) is 2.34. The topological polar surface area (TPSA) is 73.6 Å². The van der Waals surface area contributed by atoms with Crippen molar-refractivity contribution in [3.8, 4) is 0 Å². The molecule has 1 rings (SSSR count). The van der Waals surface area contributed by atoms with Crippen molar-refractivity contribution in [3.63, 3.8) is 0 Å². The van der Waals surface area contributed by atoms with Gasteiger partial charge in [0, 0.05) is 7.11 Å². The second-order valence-corrected chi connectivity index (χ2v) is 3.11. The maximum absolute atomic E-state index is 10.7. The van der Waals surface area contributed by atoms with Gasteiger partial charge in [0.2, 0.25) is 0 Å². The molecule has 0 saturated carbocycles. The van der Waals surface area contributed by atoms with E-state index in [-0.39, 0.29) is 0 Å². The van der Waals surface area contributed by atoms with E-state index in [1.54, 1.807) is 6.07 Å². The molecule has 0 bridgehead atoms. The molecule has 1 atom stereocenters. The highest BCUT2D eigenvalue weighted by atomic mass is 31.2. The van der Waals surface area contributed by atoms with E-state index in [2.05, 4.69) is 14.2 Å². The number of phosphoric acid groups is 1. The van der Waals surface area contributed by atoms with Crippen LogP contribution >= 0.6 is 7.82 Å². The van der Waals surface area contributed by atoms with Crippen LogP contribution in [-0.4, -0.2) is 21.9 Å². The fourth-order valence-corrected chi connectivity index (χ4v) is 0.817. The second kappa shape index (κ2) is 3.04.